The fraction of sp³-hybridized carbons (Fsp3) is 0.500. The van der Waals surface area contributed by atoms with Crippen LogP contribution in [0, 0.1) is 5.82 Å². The first-order chi connectivity index (χ1) is 8.56. The van der Waals surface area contributed by atoms with Crippen LogP contribution < -0.4 is 4.72 Å². The van der Waals surface area contributed by atoms with E-state index in [1.807, 2.05) is 0 Å². The third-order valence-corrected chi connectivity index (χ3v) is 3.72. The normalized spacial score (nSPS) is 11.7. The van der Waals surface area contributed by atoms with Crippen LogP contribution in [0.15, 0.2) is 23.4 Å². The van der Waals surface area contributed by atoms with Gasteiger partial charge in [0.1, 0.15) is 10.7 Å². The molecule has 0 amide bonds. The molecule has 0 spiro atoms. The van der Waals surface area contributed by atoms with E-state index in [0.717, 1.165) is 23.8 Å². The molecule has 0 saturated carbocycles. The van der Waals surface area contributed by atoms with Crippen molar-refractivity contribution < 1.29 is 17.5 Å². The van der Waals surface area contributed by atoms with Crippen molar-refractivity contribution >= 4 is 26.0 Å². The Morgan fingerprint density at radius 2 is 2.17 bits per heavy atom. The summed E-state index contributed by atoms with van der Waals surface area (Å²) in [5.74, 6) is -0.682. The second kappa shape index (κ2) is 7.78. The topological polar surface area (TPSA) is 68.3 Å². The summed E-state index contributed by atoms with van der Waals surface area (Å²) >= 11 is 3.21. The maximum Gasteiger partial charge on any atom is 0.242 e. The van der Waals surface area contributed by atoms with Gasteiger partial charge >= 0.3 is 0 Å². The quantitative estimate of drug-likeness (QED) is 0.572. The van der Waals surface area contributed by atoms with Crippen LogP contribution in [-0.4, -0.2) is 38.5 Å². The molecule has 8 heteroatoms. The molecule has 0 aliphatic carbocycles. The summed E-state index contributed by atoms with van der Waals surface area (Å²) in [5, 5.41) is 0.744. The molecule has 0 aliphatic rings. The Morgan fingerprint density at radius 1 is 1.39 bits per heavy atom. The first-order valence-corrected chi connectivity index (χ1v) is 7.90. The minimum absolute atomic E-state index is 0.177. The molecule has 5 nitrogen and oxygen atoms in total. The molecule has 0 fully saturated rings. The van der Waals surface area contributed by atoms with Crippen LogP contribution >= 0.6 is 15.9 Å². The predicted molar refractivity (Wildman–Crippen MR) is 68.6 cm³/mol. The molecule has 0 radical (unpaired) electrons. The molecule has 0 atom stereocenters. The number of nitrogens with one attached hydrogen (secondary N) is 1. The third kappa shape index (κ3) is 5.38. The van der Waals surface area contributed by atoms with Crippen molar-refractivity contribution in [3.05, 3.63) is 24.3 Å². The second-order valence-electron chi connectivity index (χ2n) is 3.39. The second-order valence-corrected chi connectivity index (χ2v) is 5.95. The molecule has 1 aromatic rings. The Morgan fingerprint density at radius 3 is 2.83 bits per heavy atom. The molecule has 18 heavy (non-hydrogen) atoms. The fourth-order valence-electron chi connectivity index (χ4n) is 1.16. The molecule has 1 aromatic heterocycles. The van der Waals surface area contributed by atoms with Crippen molar-refractivity contribution in [3.63, 3.8) is 0 Å². The van der Waals surface area contributed by atoms with Gasteiger partial charge in [0, 0.05) is 24.7 Å². The number of ether oxygens (including phenoxy) is 1. The summed E-state index contributed by atoms with van der Waals surface area (Å²) in [4.78, 5) is 3.32. The Hall–Kier alpha value is -0.570. The molecular weight excluding hydrogens is 327 g/mol. The van der Waals surface area contributed by atoms with Crippen molar-refractivity contribution in [2.75, 3.05) is 25.1 Å². The lowest BCUT2D eigenvalue weighted by atomic mass is 10.5. The largest absolute Gasteiger partial charge is 0.381 e. The van der Waals surface area contributed by atoms with Gasteiger partial charge in [0.2, 0.25) is 10.0 Å². The van der Waals surface area contributed by atoms with Crippen LogP contribution in [0.1, 0.15) is 6.42 Å². The van der Waals surface area contributed by atoms with Crippen LogP contribution in [0.5, 0.6) is 0 Å². The van der Waals surface area contributed by atoms with Gasteiger partial charge in [-0.05, 0) is 12.5 Å². The van der Waals surface area contributed by atoms with E-state index in [0.29, 0.717) is 19.6 Å². The zero-order valence-corrected chi connectivity index (χ0v) is 12.0. The highest BCUT2D eigenvalue weighted by Crippen LogP contribution is 2.07. The summed E-state index contributed by atoms with van der Waals surface area (Å²) < 4.78 is 43.8. The number of aromatic nitrogens is 1. The summed E-state index contributed by atoms with van der Waals surface area (Å²) in [7, 11) is -3.69. The van der Waals surface area contributed by atoms with Crippen molar-refractivity contribution in [1.82, 2.24) is 9.71 Å². The van der Waals surface area contributed by atoms with Gasteiger partial charge in [0.25, 0.3) is 0 Å². The molecule has 1 N–H and O–H groups in total. The van der Waals surface area contributed by atoms with Crippen LogP contribution in [0.4, 0.5) is 4.39 Å². The molecule has 0 unspecified atom stereocenters. The maximum atomic E-state index is 12.8. The number of pyridine rings is 1. The Bertz CT molecular complexity index is 470. The van der Waals surface area contributed by atoms with Gasteiger partial charge in [0.05, 0.1) is 12.8 Å². The number of halogens is 2. The number of nitrogens with zero attached hydrogens (tertiary/aromatic N) is 1. The van der Waals surface area contributed by atoms with Gasteiger partial charge in [-0.3, -0.25) is 4.98 Å². The van der Waals surface area contributed by atoms with E-state index in [1.54, 1.807) is 0 Å². The van der Waals surface area contributed by atoms with E-state index < -0.39 is 15.8 Å². The van der Waals surface area contributed by atoms with Gasteiger partial charge in [-0.15, -0.1) is 0 Å². The lowest BCUT2D eigenvalue weighted by molar-refractivity contribution is 0.149. The van der Waals surface area contributed by atoms with Crippen molar-refractivity contribution in [3.8, 4) is 0 Å². The smallest absolute Gasteiger partial charge is 0.242 e. The minimum atomic E-state index is -3.69. The van der Waals surface area contributed by atoms with Gasteiger partial charge in [-0.25, -0.2) is 17.5 Å². The van der Waals surface area contributed by atoms with E-state index in [2.05, 4.69) is 25.6 Å². The van der Waals surface area contributed by atoms with Gasteiger partial charge < -0.3 is 4.74 Å². The van der Waals surface area contributed by atoms with Crippen LogP contribution in [-0.2, 0) is 14.8 Å². The van der Waals surface area contributed by atoms with Crippen LogP contribution in [0.2, 0.25) is 0 Å². The van der Waals surface area contributed by atoms with E-state index in [9.17, 15) is 12.8 Å². The molecular formula is C10H14BrFN2O3S. The Kier molecular flexibility index (Phi) is 6.69. The third-order valence-electron chi connectivity index (χ3n) is 1.97. The molecule has 0 aliphatic heterocycles. The zero-order valence-electron chi connectivity index (χ0n) is 9.60. The number of rotatable bonds is 8. The van der Waals surface area contributed by atoms with E-state index in [-0.39, 0.29) is 11.4 Å². The van der Waals surface area contributed by atoms with Gasteiger partial charge in [-0.1, -0.05) is 15.9 Å². The van der Waals surface area contributed by atoms with E-state index in [1.165, 1.54) is 0 Å². The highest BCUT2D eigenvalue weighted by Gasteiger charge is 2.14. The van der Waals surface area contributed by atoms with Crippen LogP contribution in [0.3, 0.4) is 0 Å². The van der Waals surface area contributed by atoms with Crippen LogP contribution in [0.25, 0.3) is 0 Å². The molecule has 0 saturated heterocycles. The predicted octanol–water partition coefficient (Wildman–Crippen LogP) is 1.30. The molecule has 0 aromatic carbocycles. The van der Waals surface area contributed by atoms with Gasteiger partial charge in [-0.2, -0.15) is 0 Å². The van der Waals surface area contributed by atoms with Crippen molar-refractivity contribution in [2.45, 2.75) is 11.3 Å². The van der Waals surface area contributed by atoms with E-state index in [4.69, 9.17) is 4.74 Å². The highest BCUT2D eigenvalue weighted by molar-refractivity contribution is 9.09. The zero-order chi connectivity index (χ0) is 13.4. The van der Waals surface area contributed by atoms with Gasteiger partial charge in [0.15, 0.2) is 0 Å². The molecule has 1 heterocycles. The maximum absolute atomic E-state index is 12.8. The Balaban J connectivity index is 2.41. The number of hydrogen-bond donors (Lipinski definition) is 1. The lowest BCUT2D eigenvalue weighted by Gasteiger charge is -2.06. The summed E-state index contributed by atoms with van der Waals surface area (Å²) in [6.45, 7) is 1.29. The lowest BCUT2D eigenvalue weighted by Crippen LogP contribution is -2.25. The fourth-order valence-corrected chi connectivity index (χ4v) is 2.44. The molecule has 1 rings (SSSR count). The van der Waals surface area contributed by atoms with Crippen molar-refractivity contribution in [2.24, 2.45) is 0 Å². The SMILES string of the molecule is O=S(=O)(NCCCOCCBr)c1cncc(F)c1. The summed E-state index contributed by atoms with van der Waals surface area (Å²) in [6, 6.07) is 0.927. The molecule has 0 bridgehead atoms. The average molecular weight is 341 g/mol. The summed E-state index contributed by atoms with van der Waals surface area (Å²) in [6.07, 6.45) is 2.61. The molecule has 102 valence electrons. The number of hydrogen-bond acceptors (Lipinski definition) is 4. The monoisotopic (exact) mass is 340 g/mol. The van der Waals surface area contributed by atoms with Crippen molar-refractivity contribution in [1.29, 1.82) is 0 Å². The standard InChI is InChI=1S/C10H14BrFN2O3S/c11-2-5-17-4-1-3-14-18(15,16)10-6-9(12)7-13-8-10/h6-8,14H,1-5H2. The Labute approximate surface area is 114 Å². The van der Waals surface area contributed by atoms with E-state index >= 15 is 0 Å². The highest BCUT2D eigenvalue weighted by atomic mass is 79.9. The summed E-state index contributed by atoms with van der Waals surface area (Å²) in [5.41, 5.74) is 0. The minimum Gasteiger partial charge on any atom is -0.381 e. The number of alkyl halides is 1. The first-order valence-electron chi connectivity index (χ1n) is 5.30. The number of sulfonamides is 1. The first kappa shape index (κ1) is 15.5. The average Bonchev–Trinajstić information content (AvgIpc) is 2.33.